The highest BCUT2D eigenvalue weighted by Gasteiger charge is 2.11. The van der Waals surface area contributed by atoms with Gasteiger partial charge < -0.3 is 10.1 Å². The van der Waals surface area contributed by atoms with E-state index >= 15 is 0 Å². The van der Waals surface area contributed by atoms with E-state index in [-0.39, 0.29) is 0 Å². The molecule has 1 N–H and O–H groups in total. The largest absolute Gasteiger partial charge is 0.497 e. The molecule has 0 aliphatic carbocycles. The van der Waals surface area contributed by atoms with Crippen LogP contribution in [0, 0.1) is 13.8 Å². The molecule has 1 atom stereocenters. The molecule has 2 nitrogen and oxygen atoms in total. The molecule has 2 aromatic carbocycles. The maximum absolute atomic E-state index is 5.31. The number of aryl methyl sites for hydroxylation is 2. The summed E-state index contributed by atoms with van der Waals surface area (Å²) in [5.74, 6) is 1.90. The monoisotopic (exact) mass is 301 g/mol. The van der Waals surface area contributed by atoms with Crippen LogP contribution in [0.1, 0.15) is 22.7 Å². The maximum Gasteiger partial charge on any atom is 0.119 e. The third-order valence-corrected chi connectivity index (χ3v) is 4.84. The SMILES string of the molecule is CNC(CSc1cc(C)ccc1C)c1cccc(OC)c1. The van der Waals surface area contributed by atoms with Crippen LogP contribution < -0.4 is 10.1 Å². The van der Waals surface area contributed by atoms with Crippen LogP contribution in [-0.4, -0.2) is 19.9 Å². The van der Waals surface area contributed by atoms with E-state index in [1.54, 1.807) is 7.11 Å². The normalized spacial score (nSPS) is 12.2. The summed E-state index contributed by atoms with van der Waals surface area (Å²) < 4.78 is 5.31. The smallest absolute Gasteiger partial charge is 0.119 e. The average molecular weight is 301 g/mol. The van der Waals surface area contributed by atoms with Gasteiger partial charge in [-0.3, -0.25) is 0 Å². The lowest BCUT2D eigenvalue weighted by Crippen LogP contribution is -2.18. The number of nitrogens with one attached hydrogen (secondary N) is 1. The summed E-state index contributed by atoms with van der Waals surface area (Å²) >= 11 is 1.90. The third kappa shape index (κ3) is 4.26. The van der Waals surface area contributed by atoms with Crippen LogP contribution in [0.5, 0.6) is 5.75 Å². The van der Waals surface area contributed by atoms with Gasteiger partial charge in [-0.1, -0.05) is 29.8 Å². The van der Waals surface area contributed by atoms with Crippen LogP contribution in [0.3, 0.4) is 0 Å². The number of methoxy groups -OCH3 is 1. The predicted octanol–water partition coefficient (Wildman–Crippen LogP) is 4.36. The van der Waals surface area contributed by atoms with Gasteiger partial charge in [0.1, 0.15) is 5.75 Å². The summed E-state index contributed by atoms with van der Waals surface area (Å²) in [6.07, 6.45) is 0. The van der Waals surface area contributed by atoms with Crippen molar-refractivity contribution in [3.8, 4) is 5.75 Å². The standard InChI is InChI=1S/C18H23NOS/c1-13-8-9-14(2)18(10-13)21-12-17(19-3)15-6-5-7-16(11-15)20-4/h5-11,17,19H,12H2,1-4H3. The first-order valence-corrected chi connectivity index (χ1v) is 8.14. The van der Waals surface area contributed by atoms with E-state index < -0.39 is 0 Å². The van der Waals surface area contributed by atoms with Crippen molar-refractivity contribution >= 4 is 11.8 Å². The second kappa shape index (κ2) is 7.53. The van der Waals surface area contributed by atoms with Crippen molar-refractivity contribution in [2.24, 2.45) is 0 Å². The molecule has 0 saturated heterocycles. The molecular formula is C18H23NOS. The van der Waals surface area contributed by atoms with Crippen molar-refractivity contribution in [1.29, 1.82) is 0 Å². The van der Waals surface area contributed by atoms with E-state index in [4.69, 9.17) is 4.74 Å². The summed E-state index contributed by atoms with van der Waals surface area (Å²) in [5.41, 5.74) is 3.91. The highest BCUT2D eigenvalue weighted by Crippen LogP contribution is 2.29. The first kappa shape index (κ1) is 15.9. The highest BCUT2D eigenvalue weighted by atomic mass is 32.2. The van der Waals surface area contributed by atoms with E-state index in [0.29, 0.717) is 6.04 Å². The first-order chi connectivity index (χ1) is 10.1. The van der Waals surface area contributed by atoms with Gasteiger partial charge >= 0.3 is 0 Å². The predicted molar refractivity (Wildman–Crippen MR) is 91.4 cm³/mol. The lowest BCUT2D eigenvalue weighted by atomic mass is 10.1. The molecular weight excluding hydrogens is 278 g/mol. The molecule has 21 heavy (non-hydrogen) atoms. The van der Waals surface area contributed by atoms with Gasteiger partial charge in [-0.2, -0.15) is 0 Å². The summed E-state index contributed by atoms with van der Waals surface area (Å²) in [4.78, 5) is 1.36. The Balaban J connectivity index is 2.10. The van der Waals surface area contributed by atoms with Crippen molar-refractivity contribution < 1.29 is 4.74 Å². The van der Waals surface area contributed by atoms with Gasteiger partial charge in [0.15, 0.2) is 0 Å². The molecule has 3 heteroatoms. The molecule has 0 fully saturated rings. The van der Waals surface area contributed by atoms with Crippen molar-refractivity contribution in [3.63, 3.8) is 0 Å². The molecule has 0 bridgehead atoms. The molecule has 0 aliphatic rings. The molecule has 0 heterocycles. The highest BCUT2D eigenvalue weighted by molar-refractivity contribution is 7.99. The van der Waals surface area contributed by atoms with Crippen LogP contribution in [0.4, 0.5) is 0 Å². The van der Waals surface area contributed by atoms with E-state index in [1.165, 1.54) is 21.6 Å². The van der Waals surface area contributed by atoms with Crippen LogP contribution in [-0.2, 0) is 0 Å². The third-order valence-electron chi connectivity index (χ3n) is 3.59. The van der Waals surface area contributed by atoms with Gasteiger partial charge in [-0.25, -0.2) is 0 Å². The van der Waals surface area contributed by atoms with Crippen LogP contribution in [0.25, 0.3) is 0 Å². The minimum Gasteiger partial charge on any atom is -0.497 e. The summed E-state index contributed by atoms with van der Waals surface area (Å²) in [7, 11) is 3.71. The lowest BCUT2D eigenvalue weighted by Gasteiger charge is -2.18. The van der Waals surface area contributed by atoms with Crippen LogP contribution >= 0.6 is 11.8 Å². The second-order valence-electron chi connectivity index (χ2n) is 5.20. The zero-order valence-electron chi connectivity index (χ0n) is 13.1. The van der Waals surface area contributed by atoms with E-state index in [2.05, 4.69) is 49.5 Å². The Hall–Kier alpha value is -1.45. The summed E-state index contributed by atoms with van der Waals surface area (Å²) in [6.45, 7) is 4.31. The molecule has 1 unspecified atom stereocenters. The summed E-state index contributed by atoms with van der Waals surface area (Å²) in [5, 5.41) is 3.40. The molecule has 0 amide bonds. The van der Waals surface area contributed by atoms with Crippen molar-refractivity contribution in [2.75, 3.05) is 19.9 Å². The van der Waals surface area contributed by atoms with Gasteiger partial charge in [-0.05, 0) is 50.2 Å². The fourth-order valence-electron chi connectivity index (χ4n) is 2.24. The van der Waals surface area contributed by atoms with Crippen LogP contribution in [0.2, 0.25) is 0 Å². The molecule has 0 spiro atoms. The van der Waals surface area contributed by atoms with Gasteiger partial charge in [0.2, 0.25) is 0 Å². The number of benzene rings is 2. The number of hydrogen-bond donors (Lipinski definition) is 1. The second-order valence-corrected chi connectivity index (χ2v) is 6.26. The van der Waals surface area contributed by atoms with Crippen molar-refractivity contribution in [1.82, 2.24) is 5.32 Å². The fourth-order valence-corrected chi connectivity index (χ4v) is 3.51. The number of hydrogen-bond acceptors (Lipinski definition) is 3. The van der Waals surface area contributed by atoms with E-state index in [1.807, 2.05) is 30.9 Å². The average Bonchev–Trinajstić information content (AvgIpc) is 2.51. The molecule has 0 radical (unpaired) electrons. The molecule has 0 aliphatic heterocycles. The quantitative estimate of drug-likeness (QED) is 0.801. The van der Waals surface area contributed by atoms with E-state index in [0.717, 1.165) is 11.5 Å². The number of ether oxygens (including phenoxy) is 1. The Morgan fingerprint density at radius 1 is 1.14 bits per heavy atom. The minimum atomic E-state index is 0.310. The molecule has 0 aromatic heterocycles. The summed E-state index contributed by atoms with van der Waals surface area (Å²) in [6, 6.07) is 15.2. The maximum atomic E-state index is 5.31. The van der Waals surface area contributed by atoms with Crippen molar-refractivity contribution in [2.45, 2.75) is 24.8 Å². The Kier molecular flexibility index (Phi) is 5.71. The first-order valence-electron chi connectivity index (χ1n) is 7.15. The Bertz CT molecular complexity index is 598. The zero-order valence-corrected chi connectivity index (χ0v) is 14.0. The van der Waals surface area contributed by atoms with Crippen LogP contribution in [0.15, 0.2) is 47.4 Å². The van der Waals surface area contributed by atoms with E-state index in [9.17, 15) is 0 Å². The van der Waals surface area contributed by atoms with Gasteiger partial charge in [-0.15, -0.1) is 11.8 Å². The molecule has 112 valence electrons. The van der Waals surface area contributed by atoms with Gasteiger partial charge in [0, 0.05) is 16.7 Å². The zero-order chi connectivity index (χ0) is 15.2. The number of rotatable bonds is 6. The molecule has 2 aromatic rings. The Morgan fingerprint density at radius 3 is 2.67 bits per heavy atom. The lowest BCUT2D eigenvalue weighted by molar-refractivity contribution is 0.413. The molecule has 0 saturated carbocycles. The topological polar surface area (TPSA) is 21.3 Å². The number of thioether (sulfide) groups is 1. The minimum absolute atomic E-state index is 0.310. The van der Waals surface area contributed by atoms with Gasteiger partial charge in [0.05, 0.1) is 7.11 Å². The fraction of sp³-hybridized carbons (Fsp3) is 0.333. The molecule has 2 rings (SSSR count). The van der Waals surface area contributed by atoms with Gasteiger partial charge in [0.25, 0.3) is 0 Å². The van der Waals surface area contributed by atoms with Crippen molar-refractivity contribution in [3.05, 3.63) is 59.2 Å². The Morgan fingerprint density at radius 2 is 1.95 bits per heavy atom. The Labute approximate surface area is 131 Å².